The third kappa shape index (κ3) is 6.10. The molecule has 32 heavy (non-hydrogen) atoms. The van der Waals surface area contributed by atoms with Gasteiger partial charge in [0.25, 0.3) is 0 Å². The van der Waals surface area contributed by atoms with Gasteiger partial charge < -0.3 is 0 Å². The summed E-state index contributed by atoms with van der Waals surface area (Å²) >= 11 is 0. The van der Waals surface area contributed by atoms with E-state index in [1.54, 1.807) is 24.5 Å². The van der Waals surface area contributed by atoms with Crippen molar-refractivity contribution >= 4 is 0 Å². The highest BCUT2D eigenvalue weighted by Crippen LogP contribution is 2.57. The summed E-state index contributed by atoms with van der Waals surface area (Å²) in [4.78, 5) is 7.93. The lowest BCUT2D eigenvalue weighted by Crippen LogP contribution is -2.22. The molecule has 0 aliphatic heterocycles. The summed E-state index contributed by atoms with van der Waals surface area (Å²) in [6, 6.07) is 5.30. The second kappa shape index (κ2) is 9.74. The molecule has 6 heteroatoms. The van der Waals surface area contributed by atoms with Gasteiger partial charge in [-0.2, -0.15) is 13.2 Å². The Bertz CT molecular complexity index is 1070. The Morgan fingerprint density at radius 3 is 2.34 bits per heavy atom. The molecule has 0 unspecified atom stereocenters. The summed E-state index contributed by atoms with van der Waals surface area (Å²) in [5.41, 5.74) is 0.677. The number of pyridine rings is 2. The van der Waals surface area contributed by atoms with Crippen LogP contribution in [0.15, 0.2) is 30.6 Å². The minimum absolute atomic E-state index is 0.108. The maximum Gasteiger partial charge on any atom is 0.405 e. The van der Waals surface area contributed by atoms with Gasteiger partial charge in [0.05, 0.1) is 0 Å². The molecule has 2 aromatic rings. The smallest absolute Gasteiger partial charge is 0.248 e. The fourth-order valence-corrected chi connectivity index (χ4v) is 2.94. The van der Waals surface area contributed by atoms with Crippen LogP contribution in [-0.4, -0.2) is 16.1 Å². The molecule has 0 spiro atoms. The first-order chi connectivity index (χ1) is 15.1. The molecular formula is C26H26F4N2. The van der Waals surface area contributed by atoms with Crippen molar-refractivity contribution in [2.75, 3.05) is 0 Å². The van der Waals surface area contributed by atoms with Crippen LogP contribution in [0, 0.1) is 40.8 Å². The molecule has 0 amide bonds. The van der Waals surface area contributed by atoms with E-state index in [2.05, 4.69) is 33.6 Å². The third-order valence-corrected chi connectivity index (χ3v) is 5.47. The highest BCUT2D eigenvalue weighted by atomic mass is 19.4. The molecule has 2 fully saturated rings. The summed E-state index contributed by atoms with van der Waals surface area (Å²) in [6.45, 7) is 5.91. The molecule has 2 nitrogen and oxygen atoms in total. The molecule has 0 atom stereocenters. The molecule has 0 aromatic carbocycles. The van der Waals surface area contributed by atoms with Crippen LogP contribution in [-0.2, 0) is 6.42 Å². The Morgan fingerprint density at radius 1 is 1.09 bits per heavy atom. The highest BCUT2D eigenvalue weighted by molar-refractivity contribution is 5.36. The highest BCUT2D eigenvalue weighted by Gasteiger charge is 2.62. The Labute approximate surface area is 186 Å². The van der Waals surface area contributed by atoms with Gasteiger partial charge in [-0.25, -0.2) is 14.4 Å². The van der Waals surface area contributed by atoms with Gasteiger partial charge >= 0.3 is 6.18 Å². The number of aromatic nitrogens is 2. The van der Waals surface area contributed by atoms with E-state index in [1.807, 2.05) is 26.8 Å². The topological polar surface area (TPSA) is 25.8 Å². The van der Waals surface area contributed by atoms with Gasteiger partial charge in [0, 0.05) is 18.3 Å². The third-order valence-electron chi connectivity index (χ3n) is 5.47. The fraction of sp³-hybridized carbons (Fsp3) is 0.462. The molecule has 0 saturated heterocycles. The normalized spacial score (nSPS) is 16.1. The first kappa shape index (κ1) is 23.8. The van der Waals surface area contributed by atoms with Crippen molar-refractivity contribution in [3.05, 3.63) is 58.9 Å². The van der Waals surface area contributed by atoms with E-state index in [4.69, 9.17) is 0 Å². The molecule has 2 saturated carbocycles. The van der Waals surface area contributed by atoms with Crippen LogP contribution in [0.4, 0.5) is 17.6 Å². The summed E-state index contributed by atoms with van der Waals surface area (Å²) < 4.78 is 51.7. The van der Waals surface area contributed by atoms with Crippen LogP contribution in [0.1, 0.15) is 74.9 Å². The zero-order chi connectivity index (χ0) is 23.4. The van der Waals surface area contributed by atoms with Crippen molar-refractivity contribution in [3.63, 3.8) is 0 Å². The van der Waals surface area contributed by atoms with Crippen LogP contribution < -0.4 is 0 Å². The monoisotopic (exact) mass is 442 g/mol. The van der Waals surface area contributed by atoms with Crippen molar-refractivity contribution in [3.8, 4) is 23.7 Å². The van der Waals surface area contributed by atoms with Crippen molar-refractivity contribution in [2.45, 2.75) is 65.0 Å². The van der Waals surface area contributed by atoms with Crippen molar-refractivity contribution in [2.24, 2.45) is 11.3 Å². The SMILES string of the molecule is CC(C)c1ccnc(C#CC2CC2)c1F.CCc1ccnc(C#CC2(C(F)(F)F)CC2)c1. The molecule has 2 aliphatic carbocycles. The molecule has 4 rings (SSSR count). The predicted octanol–water partition coefficient (Wildman–Crippen LogP) is 6.44. The number of hydrogen-bond acceptors (Lipinski definition) is 2. The van der Waals surface area contributed by atoms with E-state index in [0.717, 1.165) is 24.8 Å². The van der Waals surface area contributed by atoms with E-state index in [9.17, 15) is 17.6 Å². The van der Waals surface area contributed by atoms with Gasteiger partial charge in [-0.15, -0.1) is 0 Å². The Kier molecular flexibility index (Phi) is 7.24. The largest absolute Gasteiger partial charge is 0.405 e. The molecule has 2 aliphatic rings. The number of halogens is 4. The van der Waals surface area contributed by atoms with Gasteiger partial charge in [0.1, 0.15) is 16.8 Å². The number of aryl methyl sites for hydroxylation is 1. The van der Waals surface area contributed by atoms with E-state index in [-0.39, 0.29) is 24.6 Å². The number of alkyl halides is 3. The van der Waals surface area contributed by atoms with Crippen LogP contribution >= 0.6 is 0 Å². The molecule has 0 N–H and O–H groups in total. The number of rotatable bonds is 2. The minimum Gasteiger partial charge on any atom is -0.248 e. The molecule has 2 aromatic heterocycles. The van der Waals surface area contributed by atoms with Crippen LogP contribution in [0.3, 0.4) is 0 Å². The average molecular weight is 443 g/mol. The summed E-state index contributed by atoms with van der Waals surface area (Å²) in [6.07, 6.45) is 2.33. The molecule has 0 radical (unpaired) electrons. The summed E-state index contributed by atoms with van der Waals surface area (Å²) in [7, 11) is 0. The maximum atomic E-state index is 13.8. The maximum absolute atomic E-state index is 13.8. The van der Waals surface area contributed by atoms with Crippen molar-refractivity contribution in [1.82, 2.24) is 9.97 Å². The lowest BCUT2D eigenvalue weighted by atomic mass is 10.0. The molecule has 0 bridgehead atoms. The Morgan fingerprint density at radius 2 is 1.78 bits per heavy atom. The van der Waals surface area contributed by atoms with Gasteiger partial charge in [-0.3, -0.25) is 0 Å². The second-order valence-electron chi connectivity index (χ2n) is 8.49. The predicted molar refractivity (Wildman–Crippen MR) is 116 cm³/mol. The number of hydrogen-bond donors (Lipinski definition) is 0. The lowest BCUT2D eigenvalue weighted by molar-refractivity contribution is -0.168. The standard InChI is InChI=1S/C13H12F3N.C13H14FN/c1-2-10-4-8-17-11(9-10)3-5-12(6-7-12)13(14,15)16;1-9(2)11-7-8-15-12(13(11)14)6-5-10-3-4-10/h4,8-9H,2,6-7H2,1H3;7-10H,3-4H2,1-2H3. The fourth-order valence-electron chi connectivity index (χ4n) is 2.94. The quantitative estimate of drug-likeness (QED) is 0.395. The molecular weight excluding hydrogens is 416 g/mol. The van der Waals surface area contributed by atoms with Gasteiger partial charge in [0.2, 0.25) is 0 Å². The van der Waals surface area contributed by atoms with E-state index in [1.165, 1.54) is 0 Å². The Balaban J connectivity index is 0.000000182. The first-order valence-corrected chi connectivity index (χ1v) is 10.9. The average Bonchev–Trinajstić information content (AvgIpc) is 3.66. The summed E-state index contributed by atoms with van der Waals surface area (Å²) in [5.74, 6) is 11.2. The van der Waals surface area contributed by atoms with E-state index in [0.29, 0.717) is 22.9 Å². The van der Waals surface area contributed by atoms with Crippen molar-refractivity contribution in [1.29, 1.82) is 0 Å². The van der Waals surface area contributed by atoms with Crippen LogP contribution in [0.25, 0.3) is 0 Å². The zero-order valence-corrected chi connectivity index (χ0v) is 18.5. The first-order valence-electron chi connectivity index (χ1n) is 10.9. The van der Waals surface area contributed by atoms with Gasteiger partial charge in [-0.05, 0) is 79.2 Å². The number of nitrogens with zero attached hydrogens (tertiary/aromatic N) is 2. The van der Waals surface area contributed by atoms with Gasteiger partial charge in [-0.1, -0.05) is 32.6 Å². The zero-order valence-electron chi connectivity index (χ0n) is 18.5. The minimum atomic E-state index is -4.22. The van der Waals surface area contributed by atoms with E-state index < -0.39 is 11.6 Å². The summed E-state index contributed by atoms with van der Waals surface area (Å²) in [5, 5.41) is 0. The van der Waals surface area contributed by atoms with E-state index >= 15 is 0 Å². The van der Waals surface area contributed by atoms with Gasteiger partial charge in [0.15, 0.2) is 5.82 Å². The van der Waals surface area contributed by atoms with Crippen LogP contribution in [0.2, 0.25) is 0 Å². The second-order valence-corrected chi connectivity index (χ2v) is 8.49. The molecule has 168 valence electrons. The lowest BCUT2D eigenvalue weighted by Gasteiger charge is -2.11. The molecule has 2 heterocycles. The van der Waals surface area contributed by atoms with Crippen LogP contribution in [0.5, 0.6) is 0 Å². The van der Waals surface area contributed by atoms with Crippen molar-refractivity contribution < 1.29 is 17.6 Å². The Hall–Kier alpha value is -2.86.